The molecular weight excluding hydrogens is 446 g/mol. The largest absolute Gasteiger partial charge is 0.483 e. The highest BCUT2D eigenvalue weighted by Gasteiger charge is 2.28. The van der Waals surface area contributed by atoms with E-state index in [0.29, 0.717) is 18.8 Å². The van der Waals surface area contributed by atoms with E-state index in [4.69, 9.17) is 14.9 Å². The highest BCUT2D eigenvalue weighted by Crippen LogP contribution is 2.27. The van der Waals surface area contributed by atoms with E-state index in [9.17, 15) is 18.0 Å². The second-order valence-corrected chi connectivity index (χ2v) is 9.84. The van der Waals surface area contributed by atoms with E-state index in [0.717, 1.165) is 23.8 Å². The molecule has 1 aromatic heterocycles. The Morgan fingerprint density at radius 3 is 2.58 bits per heavy atom. The van der Waals surface area contributed by atoms with Gasteiger partial charge in [-0.1, -0.05) is 18.2 Å². The van der Waals surface area contributed by atoms with Crippen LogP contribution in [0.25, 0.3) is 11.0 Å². The van der Waals surface area contributed by atoms with Gasteiger partial charge in [-0.05, 0) is 50.1 Å². The van der Waals surface area contributed by atoms with Gasteiger partial charge in [-0.2, -0.15) is 4.31 Å². The molecule has 0 saturated carbocycles. The summed E-state index contributed by atoms with van der Waals surface area (Å²) in [4.78, 5) is 24.3. The molecule has 9 nitrogen and oxygen atoms in total. The van der Waals surface area contributed by atoms with Crippen molar-refractivity contribution < 1.29 is 27.2 Å². The molecule has 0 radical (unpaired) electrons. The number of rotatable bonds is 8. The zero-order valence-corrected chi connectivity index (χ0v) is 18.9. The maximum absolute atomic E-state index is 12.8. The quantitative estimate of drug-likeness (QED) is 0.519. The van der Waals surface area contributed by atoms with Crippen LogP contribution in [0.5, 0.6) is 5.75 Å². The summed E-state index contributed by atoms with van der Waals surface area (Å²) in [5, 5.41) is 3.70. The first-order valence-electron chi connectivity index (χ1n) is 10.6. The molecule has 0 bridgehead atoms. The van der Waals surface area contributed by atoms with Crippen LogP contribution in [-0.4, -0.2) is 44.2 Å². The maximum Gasteiger partial charge on any atom is 0.258 e. The number of amides is 2. The number of furan rings is 1. The third kappa shape index (κ3) is 4.86. The normalized spacial score (nSPS) is 15.4. The molecule has 1 aliphatic heterocycles. The summed E-state index contributed by atoms with van der Waals surface area (Å²) >= 11 is 0. The van der Waals surface area contributed by atoms with Crippen LogP contribution in [0.2, 0.25) is 0 Å². The van der Waals surface area contributed by atoms with Crippen molar-refractivity contribution in [1.29, 1.82) is 0 Å². The lowest BCUT2D eigenvalue weighted by Crippen LogP contribution is -2.31. The van der Waals surface area contributed by atoms with Gasteiger partial charge in [0.2, 0.25) is 10.0 Å². The predicted octanol–water partition coefficient (Wildman–Crippen LogP) is 2.57. The number of hydrogen-bond donors (Lipinski definition) is 2. The van der Waals surface area contributed by atoms with Crippen LogP contribution in [0.3, 0.4) is 0 Å². The molecule has 0 aliphatic carbocycles. The number of carbonyl (C=O) groups is 2. The molecule has 1 aliphatic rings. The Morgan fingerprint density at radius 2 is 1.88 bits per heavy atom. The first kappa shape index (κ1) is 22.8. The Kier molecular flexibility index (Phi) is 6.39. The summed E-state index contributed by atoms with van der Waals surface area (Å²) in [6.45, 7) is 2.28. The minimum atomic E-state index is -3.72. The predicted molar refractivity (Wildman–Crippen MR) is 121 cm³/mol. The zero-order chi connectivity index (χ0) is 23.6. The second-order valence-electron chi connectivity index (χ2n) is 7.90. The van der Waals surface area contributed by atoms with Crippen LogP contribution >= 0.6 is 0 Å². The number of para-hydroxylation sites is 1. The third-order valence-electron chi connectivity index (χ3n) is 5.53. The fourth-order valence-corrected chi connectivity index (χ4v) is 5.32. The summed E-state index contributed by atoms with van der Waals surface area (Å²) in [5.41, 5.74) is 6.06. The minimum absolute atomic E-state index is 0.0338. The van der Waals surface area contributed by atoms with Crippen molar-refractivity contribution in [1.82, 2.24) is 9.62 Å². The van der Waals surface area contributed by atoms with Gasteiger partial charge >= 0.3 is 0 Å². The lowest BCUT2D eigenvalue weighted by atomic mass is 10.2. The number of benzene rings is 2. The van der Waals surface area contributed by atoms with Crippen LogP contribution in [0.15, 0.2) is 57.8 Å². The Hall–Kier alpha value is -3.37. The van der Waals surface area contributed by atoms with Crippen molar-refractivity contribution in [2.45, 2.75) is 30.7 Å². The molecule has 2 aromatic carbocycles. The molecule has 4 rings (SSSR count). The smallest absolute Gasteiger partial charge is 0.258 e. The average Bonchev–Trinajstić information content (AvgIpc) is 3.48. The van der Waals surface area contributed by atoms with Crippen LogP contribution in [0.4, 0.5) is 0 Å². The van der Waals surface area contributed by atoms with Crippen molar-refractivity contribution in [3.63, 3.8) is 0 Å². The summed E-state index contributed by atoms with van der Waals surface area (Å²) in [6.07, 6.45) is 1.59. The zero-order valence-electron chi connectivity index (χ0n) is 18.1. The summed E-state index contributed by atoms with van der Waals surface area (Å²) in [6, 6.07) is 12.9. The van der Waals surface area contributed by atoms with Crippen LogP contribution in [0.1, 0.15) is 41.9 Å². The Labute approximate surface area is 191 Å². The topological polar surface area (TPSA) is 132 Å². The summed E-state index contributed by atoms with van der Waals surface area (Å²) in [5.74, 6) is -0.653. The lowest BCUT2D eigenvalue weighted by molar-refractivity contribution is -0.123. The SMILES string of the molecule is C[C@@H](NC(=O)COc1ccc(S(=O)(=O)N2CCCC2)cc1C(N)=O)c1cc2ccccc2o1. The fourth-order valence-electron chi connectivity index (χ4n) is 3.78. The monoisotopic (exact) mass is 471 g/mol. The van der Waals surface area contributed by atoms with E-state index in [1.165, 1.54) is 22.5 Å². The Balaban J connectivity index is 1.43. The molecule has 2 heterocycles. The third-order valence-corrected chi connectivity index (χ3v) is 7.42. The van der Waals surface area contributed by atoms with Crippen molar-refractivity contribution in [2.75, 3.05) is 19.7 Å². The number of sulfonamides is 1. The number of nitrogens with one attached hydrogen (secondary N) is 1. The van der Waals surface area contributed by atoms with Gasteiger partial charge < -0.3 is 20.2 Å². The van der Waals surface area contributed by atoms with Gasteiger partial charge in [0.1, 0.15) is 17.1 Å². The number of nitrogens with two attached hydrogens (primary N) is 1. The van der Waals surface area contributed by atoms with Gasteiger partial charge in [0.15, 0.2) is 6.61 Å². The van der Waals surface area contributed by atoms with Gasteiger partial charge in [-0.3, -0.25) is 9.59 Å². The minimum Gasteiger partial charge on any atom is -0.483 e. The molecule has 3 N–H and O–H groups in total. The summed E-state index contributed by atoms with van der Waals surface area (Å²) in [7, 11) is -3.72. The van der Waals surface area contributed by atoms with E-state index in [1.54, 1.807) is 6.92 Å². The molecule has 2 amide bonds. The molecule has 0 spiro atoms. The van der Waals surface area contributed by atoms with E-state index in [2.05, 4.69) is 5.32 Å². The Bertz CT molecular complexity index is 1260. The second kappa shape index (κ2) is 9.24. The van der Waals surface area contributed by atoms with E-state index >= 15 is 0 Å². The first-order valence-corrected chi connectivity index (χ1v) is 12.0. The molecule has 1 fully saturated rings. The molecule has 1 atom stereocenters. The highest BCUT2D eigenvalue weighted by molar-refractivity contribution is 7.89. The van der Waals surface area contributed by atoms with Gasteiger partial charge in [0.25, 0.3) is 11.8 Å². The van der Waals surface area contributed by atoms with Crippen LogP contribution in [0, 0.1) is 0 Å². The van der Waals surface area contributed by atoms with Gasteiger partial charge in [-0.15, -0.1) is 0 Å². The van der Waals surface area contributed by atoms with Crippen molar-refractivity contribution in [3.05, 3.63) is 59.9 Å². The number of primary amides is 1. The van der Waals surface area contributed by atoms with Crippen molar-refractivity contribution in [2.24, 2.45) is 5.73 Å². The molecule has 10 heteroatoms. The summed E-state index contributed by atoms with van der Waals surface area (Å²) < 4.78 is 38.2. The number of nitrogens with zero attached hydrogens (tertiary/aromatic N) is 1. The number of hydrogen-bond acceptors (Lipinski definition) is 6. The standard InChI is InChI=1S/C23H25N3O6S/c1-15(21-12-16-6-2-3-7-19(16)32-21)25-22(27)14-31-20-9-8-17(13-18(20)23(24)28)33(29,30)26-10-4-5-11-26/h2-3,6-9,12-13,15H,4-5,10-11,14H2,1H3,(H2,24,28)(H,25,27)/t15-/m1/s1. The van der Waals surface area contributed by atoms with Gasteiger partial charge in [-0.25, -0.2) is 8.42 Å². The fraction of sp³-hybridized carbons (Fsp3) is 0.304. The molecule has 3 aromatic rings. The number of carbonyl (C=O) groups excluding carboxylic acids is 2. The maximum atomic E-state index is 12.8. The van der Waals surface area contributed by atoms with Crippen molar-refractivity contribution >= 4 is 32.8 Å². The lowest BCUT2D eigenvalue weighted by Gasteiger charge is -2.17. The number of fused-ring (bicyclic) bond motifs is 1. The molecule has 174 valence electrons. The van der Waals surface area contributed by atoms with E-state index < -0.39 is 27.9 Å². The van der Waals surface area contributed by atoms with Crippen LogP contribution in [-0.2, 0) is 14.8 Å². The number of ether oxygens (including phenoxy) is 1. The average molecular weight is 472 g/mol. The van der Waals surface area contributed by atoms with E-state index in [1.807, 2.05) is 30.3 Å². The van der Waals surface area contributed by atoms with E-state index in [-0.39, 0.29) is 22.8 Å². The van der Waals surface area contributed by atoms with Gasteiger partial charge in [0, 0.05) is 18.5 Å². The Morgan fingerprint density at radius 1 is 1.15 bits per heavy atom. The van der Waals surface area contributed by atoms with Crippen LogP contribution < -0.4 is 15.8 Å². The molecule has 0 unspecified atom stereocenters. The molecular formula is C23H25N3O6S. The highest BCUT2D eigenvalue weighted by atomic mass is 32.2. The molecule has 1 saturated heterocycles. The first-order chi connectivity index (χ1) is 15.8. The van der Waals surface area contributed by atoms with Gasteiger partial charge in [0.05, 0.1) is 16.5 Å². The van der Waals surface area contributed by atoms with Crippen molar-refractivity contribution in [3.8, 4) is 5.75 Å². The molecule has 33 heavy (non-hydrogen) atoms.